The van der Waals surface area contributed by atoms with Gasteiger partial charge >= 0.3 is 86.2 Å². The van der Waals surface area contributed by atoms with Crippen LogP contribution in [-0.2, 0) is 38.5 Å². The number of alkyl halides is 14. The molecule has 0 bridgehead atoms. The largest absolute Gasteiger partial charge is 0.550 e. The Labute approximate surface area is 310 Å². The molecule has 296 valence electrons. The van der Waals surface area contributed by atoms with E-state index in [2.05, 4.69) is 93.0 Å². The van der Waals surface area contributed by atoms with Crippen LogP contribution >= 0.6 is 24.5 Å². The molecule has 0 unspecified atom stereocenters. The predicted molar refractivity (Wildman–Crippen MR) is 153 cm³/mol. The summed E-state index contributed by atoms with van der Waals surface area (Å²) >= 11 is -1.11. The highest BCUT2D eigenvalue weighted by molar-refractivity contribution is 8.07. The molecule has 0 heterocycles. The van der Waals surface area contributed by atoms with Gasteiger partial charge in [0.2, 0.25) is 0 Å². The average Bonchev–Trinajstić information content (AvgIpc) is 2.94. The van der Waals surface area contributed by atoms with Gasteiger partial charge in [-0.1, -0.05) is 51.3 Å². The molecule has 0 saturated heterocycles. The van der Waals surface area contributed by atoms with Crippen molar-refractivity contribution in [3.63, 3.8) is 0 Å². The minimum Gasteiger partial charge on any atom is -0.202 e. The Morgan fingerprint density at radius 2 is 0.820 bits per heavy atom. The zero-order valence-electron chi connectivity index (χ0n) is 23.4. The van der Waals surface area contributed by atoms with Crippen LogP contribution in [-0.4, -0.2) is 49.4 Å². The van der Waals surface area contributed by atoms with Crippen molar-refractivity contribution in [3.8, 4) is 0 Å². The lowest BCUT2D eigenvalue weighted by atomic mass is 10.4. The number of hydrogen-bond acceptors (Lipinski definition) is 10. The SMILES string of the molecule is C.C.CC[I+]c1ccccc1.CC[I+]c1ccccc1.O=S(=O)(NSOOC(F)(F)F)C(F)(F)F.O=S(=O)(NSOOC(F)(F)F)C(F)(F)F. The van der Waals surface area contributed by atoms with E-state index in [-0.39, 0.29) is 14.9 Å². The van der Waals surface area contributed by atoms with Crippen molar-refractivity contribution in [2.24, 2.45) is 0 Å². The molecule has 0 radical (unpaired) electrons. The molecule has 0 saturated carbocycles. The highest BCUT2D eigenvalue weighted by Gasteiger charge is 2.47. The maximum atomic E-state index is 11.5. The van der Waals surface area contributed by atoms with E-state index in [1.165, 1.54) is 8.86 Å². The van der Waals surface area contributed by atoms with Crippen molar-refractivity contribution >= 4 is 44.5 Å². The summed E-state index contributed by atoms with van der Waals surface area (Å²) < 4.78 is 189. The summed E-state index contributed by atoms with van der Waals surface area (Å²) in [6, 6.07) is 21.5. The van der Waals surface area contributed by atoms with Gasteiger partial charge in [-0.05, 0) is 38.1 Å². The van der Waals surface area contributed by atoms with Crippen LogP contribution in [0.5, 0.6) is 0 Å². The van der Waals surface area contributed by atoms with Gasteiger partial charge in [0.25, 0.3) is 0 Å². The zero-order valence-corrected chi connectivity index (χ0v) is 31.0. The smallest absolute Gasteiger partial charge is 0.202 e. The molecule has 0 atom stereocenters. The van der Waals surface area contributed by atoms with Gasteiger partial charge in [-0.25, -0.2) is 16.8 Å². The van der Waals surface area contributed by atoms with E-state index in [0.29, 0.717) is 50.7 Å². The van der Waals surface area contributed by atoms with Crippen molar-refractivity contribution in [1.82, 2.24) is 8.25 Å². The maximum Gasteiger partial charge on any atom is 0.550 e. The van der Waals surface area contributed by atoms with Crippen LogP contribution in [0.2, 0.25) is 0 Å². The Morgan fingerprint density at radius 1 is 0.560 bits per heavy atom. The molecule has 0 aromatic heterocycles. The molecule has 50 heavy (non-hydrogen) atoms. The normalized spacial score (nSPS) is 12.0. The average molecular weight is 1060 g/mol. The maximum absolute atomic E-state index is 11.5. The third-order valence-electron chi connectivity index (χ3n) is 3.26. The standard InChI is InChI=1S/2C8H10I.2C2HF6NO4S2.2CH4/c2*1-2-9-8-6-4-3-5-7-8;2*3-1(4,5)12-13-14-9-15(10,11)2(6,7)8;;/h2*3-7H,2H2,1H3;2*9H;2*1H4/q2*+1;;;;. The summed E-state index contributed by atoms with van der Waals surface area (Å²) in [5.41, 5.74) is -11.3. The second-order valence-electron chi connectivity index (χ2n) is 6.82. The molecule has 0 fully saturated rings. The molecule has 0 aliphatic carbocycles. The lowest BCUT2D eigenvalue weighted by molar-refractivity contribution is -0.623. The topological polar surface area (TPSA) is 129 Å². The van der Waals surface area contributed by atoms with E-state index < -0.39 is 68.2 Å². The number of nitrogens with one attached hydrogen (secondary N) is 2. The van der Waals surface area contributed by atoms with E-state index in [0.717, 1.165) is 0 Å². The molecule has 28 heteroatoms. The van der Waals surface area contributed by atoms with Gasteiger partial charge in [-0.2, -0.15) is 26.3 Å². The summed E-state index contributed by atoms with van der Waals surface area (Å²) in [5, 5.41) is 0. The summed E-state index contributed by atoms with van der Waals surface area (Å²) in [4.78, 5) is 5.01. The van der Waals surface area contributed by atoms with Crippen LogP contribution in [0.1, 0.15) is 28.7 Å². The van der Waals surface area contributed by atoms with E-state index in [1.54, 1.807) is 7.14 Å². The lowest BCUT2D eigenvalue weighted by Gasteiger charge is -2.08. The molecule has 2 N–H and O–H groups in total. The van der Waals surface area contributed by atoms with Crippen LogP contribution in [0.4, 0.5) is 52.7 Å². The van der Waals surface area contributed by atoms with Crippen LogP contribution in [0, 0.1) is 7.14 Å². The monoisotopic (exact) mass is 1060 g/mol. The number of halogens is 14. The third kappa shape index (κ3) is 31.0. The number of rotatable bonds is 12. The Hall–Kier alpha value is -0.580. The Balaban J connectivity index is -0.000000285. The van der Waals surface area contributed by atoms with Gasteiger partial charge in [-0.3, -0.25) is 0 Å². The van der Waals surface area contributed by atoms with Crippen LogP contribution in [0.3, 0.4) is 0 Å². The summed E-state index contributed by atoms with van der Waals surface area (Å²) in [7, 11) is -11.5. The molecular weight excluding hydrogens is 1030 g/mol. The number of sulfonamides is 2. The molecule has 10 nitrogen and oxygen atoms in total. The number of benzene rings is 2. The van der Waals surface area contributed by atoms with Gasteiger partial charge in [-0.15, -0.1) is 53.0 Å². The highest BCUT2D eigenvalue weighted by atomic mass is 127. The Bertz CT molecular complexity index is 1240. The first kappa shape index (κ1) is 56.2. The quantitative estimate of drug-likeness (QED) is 0.0478. The van der Waals surface area contributed by atoms with Crippen LogP contribution in [0.25, 0.3) is 0 Å². The van der Waals surface area contributed by atoms with Crippen molar-refractivity contribution in [1.29, 1.82) is 0 Å². The van der Waals surface area contributed by atoms with Gasteiger partial charge in [0, 0.05) is 0 Å². The van der Waals surface area contributed by atoms with Gasteiger partial charge in [0.05, 0.1) is 0 Å². The molecule has 2 aromatic carbocycles. The summed E-state index contributed by atoms with van der Waals surface area (Å²) in [5.74, 6) is 0. The second-order valence-corrected chi connectivity index (χ2v) is 18.8. The molecule has 2 aromatic rings. The van der Waals surface area contributed by atoms with Gasteiger partial charge in [0.15, 0.2) is 7.14 Å². The first-order chi connectivity index (χ1) is 21.8. The lowest BCUT2D eigenvalue weighted by Crippen LogP contribution is -3.62. The third-order valence-corrected chi connectivity index (χ3v) is 11.8. The van der Waals surface area contributed by atoms with E-state index in [1.807, 2.05) is 0 Å². The van der Waals surface area contributed by atoms with Crippen molar-refractivity contribution in [2.75, 3.05) is 8.86 Å². The van der Waals surface area contributed by atoms with Gasteiger partial charge < -0.3 is 0 Å². The Kier molecular flexibility index (Phi) is 30.4. The van der Waals surface area contributed by atoms with Crippen LogP contribution in [0.15, 0.2) is 60.7 Å². The Morgan fingerprint density at radius 3 is 1.02 bits per heavy atom. The molecular formula is C22H30F12I2N2O8S4+2. The zero-order chi connectivity index (χ0) is 37.7. The van der Waals surface area contributed by atoms with Gasteiger partial charge in [0.1, 0.15) is 33.3 Å². The molecule has 0 amide bonds. The fourth-order valence-corrected chi connectivity index (χ4v) is 7.17. The molecule has 0 aliphatic rings. The van der Waals surface area contributed by atoms with E-state index in [4.69, 9.17) is 0 Å². The van der Waals surface area contributed by atoms with Crippen LogP contribution < -0.4 is 50.7 Å². The first-order valence-corrected chi connectivity index (χ1v) is 21.0. The fraction of sp³-hybridized carbons (Fsp3) is 0.455. The minimum absolute atomic E-state index is 0. The van der Waals surface area contributed by atoms with Crippen molar-refractivity contribution in [2.45, 2.75) is 52.4 Å². The molecule has 0 spiro atoms. The fourth-order valence-electron chi connectivity index (χ4n) is 1.64. The number of hydrogen-bond donors (Lipinski definition) is 2. The summed E-state index contributed by atoms with van der Waals surface area (Å²) in [6.45, 7) is 4.50. The second kappa shape index (κ2) is 27.1. The molecule has 2 rings (SSSR count). The predicted octanol–water partition coefficient (Wildman–Crippen LogP) is 2.12. The van der Waals surface area contributed by atoms with Crippen molar-refractivity contribution in [3.05, 3.63) is 67.8 Å². The molecule has 0 aliphatic heterocycles. The minimum atomic E-state index is -5.77. The van der Waals surface area contributed by atoms with Crippen molar-refractivity contribution < 1.29 is 130 Å². The first-order valence-electron chi connectivity index (χ1n) is 11.4. The van der Waals surface area contributed by atoms with E-state index >= 15 is 0 Å². The highest BCUT2D eigenvalue weighted by Crippen LogP contribution is 2.26. The van der Waals surface area contributed by atoms with E-state index in [9.17, 15) is 69.5 Å². The summed E-state index contributed by atoms with van der Waals surface area (Å²) in [6.07, 6.45) is -10.5.